The highest BCUT2D eigenvalue weighted by Crippen LogP contribution is 2.26. The zero-order valence-electron chi connectivity index (χ0n) is 13.4. The minimum atomic E-state index is -0.508. The van der Waals surface area contributed by atoms with Gasteiger partial charge in [-0.1, -0.05) is 32.0 Å². The number of rotatable bonds is 5. The molecule has 2 aromatic carbocycles. The number of methoxy groups -OCH3 is 1. The zero-order valence-corrected chi connectivity index (χ0v) is 13.4. The standard InChI is InChI=1S/C18H23NO2/c1-18(2,12-21-5)17(20)15-7-6-14-11-16(19(3)4)9-8-13(14)10-15/h6-11H,12H2,1-5H3. The van der Waals surface area contributed by atoms with Crippen LogP contribution in [0.25, 0.3) is 10.8 Å². The molecule has 0 aliphatic heterocycles. The van der Waals surface area contributed by atoms with Gasteiger partial charge in [0.25, 0.3) is 0 Å². The minimum Gasteiger partial charge on any atom is -0.384 e. The number of Topliss-reactive ketones (excluding diaryl/α,β-unsaturated/α-hetero) is 1. The first-order chi connectivity index (χ1) is 9.85. The number of benzene rings is 2. The molecule has 0 N–H and O–H groups in total. The molecule has 21 heavy (non-hydrogen) atoms. The van der Waals surface area contributed by atoms with Gasteiger partial charge in [0.05, 0.1) is 12.0 Å². The van der Waals surface area contributed by atoms with Crippen molar-refractivity contribution >= 4 is 22.2 Å². The number of ether oxygens (including phenoxy) is 1. The van der Waals surface area contributed by atoms with Gasteiger partial charge in [0.2, 0.25) is 0 Å². The Morgan fingerprint density at radius 1 is 1.10 bits per heavy atom. The van der Waals surface area contributed by atoms with Crippen molar-refractivity contribution < 1.29 is 9.53 Å². The Labute approximate surface area is 126 Å². The van der Waals surface area contributed by atoms with E-state index < -0.39 is 5.41 Å². The van der Waals surface area contributed by atoms with Crippen LogP contribution in [-0.4, -0.2) is 33.6 Å². The number of nitrogens with zero attached hydrogens (tertiary/aromatic N) is 1. The molecule has 112 valence electrons. The summed E-state index contributed by atoms with van der Waals surface area (Å²) in [5.41, 5.74) is 1.38. The lowest BCUT2D eigenvalue weighted by molar-refractivity contribution is 0.0632. The van der Waals surface area contributed by atoms with Crippen LogP contribution in [0.15, 0.2) is 36.4 Å². The van der Waals surface area contributed by atoms with Crippen molar-refractivity contribution in [2.45, 2.75) is 13.8 Å². The number of anilines is 1. The average Bonchev–Trinajstić information content (AvgIpc) is 2.45. The lowest BCUT2D eigenvalue weighted by atomic mass is 9.84. The third-order valence-corrected chi connectivity index (χ3v) is 3.72. The van der Waals surface area contributed by atoms with E-state index in [9.17, 15) is 4.79 Å². The molecule has 0 unspecified atom stereocenters. The monoisotopic (exact) mass is 285 g/mol. The molecule has 2 rings (SSSR count). The van der Waals surface area contributed by atoms with Crippen molar-refractivity contribution in [2.75, 3.05) is 32.7 Å². The molecule has 3 nitrogen and oxygen atoms in total. The number of hydrogen-bond donors (Lipinski definition) is 0. The lowest BCUT2D eigenvalue weighted by Crippen LogP contribution is -2.29. The van der Waals surface area contributed by atoms with E-state index >= 15 is 0 Å². The van der Waals surface area contributed by atoms with E-state index in [0.717, 1.165) is 22.0 Å². The molecule has 2 aromatic rings. The molecule has 0 bridgehead atoms. The first kappa shape index (κ1) is 15.5. The average molecular weight is 285 g/mol. The number of fused-ring (bicyclic) bond motifs is 1. The predicted molar refractivity (Wildman–Crippen MR) is 88.3 cm³/mol. The molecule has 3 heteroatoms. The van der Waals surface area contributed by atoms with Gasteiger partial charge in [-0.2, -0.15) is 0 Å². The molecule has 0 atom stereocenters. The van der Waals surface area contributed by atoms with E-state index in [1.807, 2.05) is 46.1 Å². The first-order valence-corrected chi connectivity index (χ1v) is 7.10. The summed E-state index contributed by atoms with van der Waals surface area (Å²) in [6.07, 6.45) is 0. The largest absolute Gasteiger partial charge is 0.384 e. The van der Waals surface area contributed by atoms with Crippen molar-refractivity contribution in [1.29, 1.82) is 0 Å². The summed E-state index contributed by atoms with van der Waals surface area (Å²) in [5, 5.41) is 2.22. The second-order valence-electron chi connectivity index (χ2n) is 6.29. The van der Waals surface area contributed by atoms with Crippen LogP contribution >= 0.6 is 0 Å². The molecule has 0 heterocycles. The van der Waals surface area contributed by atoms with E-state index in [4.69, 9.17) is 4.74 Å². The van der Waals surface area contributed by atoms with E-state index in [-0.39, 0.29) is 5.78 Å². The fourth-order valence-electron chi connectivity index (χ4n) is 2.47. The van der Waals surface area contributed by atoms with Gasteiger partial charge in [-0.3, -0.25) is 4.79 Å². The SMILES string of the molecule is COCC(C)(C)C(=O)c1ccc2cc(N(C)C)ccc2c1. The van der Waals surface area contributed by atoms with Crippen molar-refractivity contribution in [1.82, 2.24) is 0 Å². The topological polar surface area (TPSA) is 29.5 Å². The molecule has 0 spiro atoms. The molecule has 0 aliphatic rings. The van der Waals surface area contributed by atoms with Crippen LogP contribution in [0.4, 0.5) is 5.69 Å². The van der Waals surface area contributed by atoms with E-state index in [0.29, 0.717) is 6.61 Å². The fourth-order valence-corrected chi connectivity index (χ4v) is 2.47. The third-order valence-electron chi connectivity index (χ3n) is 3.72. The maximum atomic E-state index is 12.6. The van der Waals surface area contributed by atoms with Crippen molar-refractivity contribution in [3.05, 3.63) is 42.0 Å². The highest BCUT2D eigenvalue weighted by Gasteiger charge is 2.28. The fraction of sp³-hybridized carbons (Fsp3) is 0.389. The van der Waals surface area contributed by atoms with Crippen molar-refractivity contribution in [2.24, 2.45) is 5.41 Å². The molecule has 0 saturated carbocycles. The van der Waals surface area contributed by atoms with Crippen molar-refractivity contribution in [3.63, 3.8) is 0 Å². The molecular formula is C18H23NO2. The second kappa shape index (κ2) is 5.86. The van der Waals surface area contributed by atoms with E-state index in [1.165, 1.54) is 0 Å². The number of ketones is 1. The maximum absolute atomic E-state index is 12.6. The summed E-state index contributed by atoms with van der Waals surface area (Å²) in [7, 11) is 5.66. The number of carbonyl (C=O) groups excluding carboxylic acids is 1. The molecule has 0 aromatic heterocycles. The van der Waals surface area contributed by atoms with Crippen LogP contribution < -0.4 is 4.90 Å². The Kier molecular flexibility index (Phi) is 4.33. The Morgan fingerprint density at radius 2 is 1.71 bits per heavy atom. The van der Waals surface area contributed by atoms with Crippen LogP contribution in [0.2, 0.25) is 0 Å². The van der Waals surface area contributed by atoms with Crippen LogP contribution in [0.1, 0.15) is 24.2 Å². The van der Waals surface area contributed by atoms with Crippen LogP contribution in [0.3, 0.4) is 0 Å². The highest BCUT2D eigenvalue weighted by atomic mass is 16.5. The van der Waals surface area contributed by atoms with Crippen LogP contribution in [-0.2, 0) is 4.74 Å². The van der Waals surface area contributed by atoms with Crippen LogP contribution in [0.5, 0.6) is 0 Å². The zero-order chi connectivity index (χ0) is 15.6. The summed E-state index contributed by atoms with van der Waals surface area (Å²) in [5.74, 6) is 0.114. The number of carbonyl (C=O) groups is 1. The normalized spacial score (nSPS) is 11.7. The van der Waals surface area contributed by atoms with Gasteiger partial charge in [0, 0.05) is 32.5 Å². The lowest BCUT2D eigenvalue weighted by Gasteiger charge is -2.22. The van der Waals surface area contributed by atoms with Gasteiger partial charge < -0.3 is 9.64 Å². The summed E-state index contributed by atoms with van der Waals surface area (Å²) >= 11 is 0. The molecule has 0 amide bonds. The summed E-state index contributed by atoms with van der Waals surface area (Å²) < 4.78 is 5.15. The Morgan fingerprint density at radius 3 is 2.33 bits per heavy atom. The van der Waals surface area contributed by atoms with E-state index in [1.54, 1.807) is 7.11 Å². The van der Waals surface area contributed by atoms with Gasteiger partial charge in [-0.15, -0.1) is 0 Å². The van der Waals surface area contributed by atoms with Gasteiger partial charge in [-0.25, -0.2) is 0 Å². The number of hydrogen-bond acceptors (Lipinski definition) is 3. The molecule has 0 radical (unpaired) electrons. The second-order valence-corrected chi connectivity index (χ2v) is 6.29. The predicted octanol–water partition coefficient (Wildman–Crippen LogP) is 3.76. The summed E-state index contributed by atoms with van der Waals surface area (Å²) in [4.78, 5) is 14.7. The summed E-state index contributed by atoms with van der Waals surface area (Å²) in [6.45, 7) is 4.25. The quantitative estimate of drug-likeness (QED) is 0.783. The first-order valence-electron chi connectivity index (χ1n) is 7.10. The van der Waals surface area contributed by atoms with Gasteiger partial charge in [0.1, 0.15) is 0 Å². The Hall–Kier alpha value is -1.87. The van der Waals surface area contributed by atoms with Gasteiger partial charge >= 0.3 is 0 Å². The summed E-state index contributed by atoms with van der Waals surface area (Å²) in [6, 6.07) is 12.1. The Bertz CT molecular complexity index is 659. The van der Waals surface area contributed by atoms with Gasteiger partial charge in [0.15, 0.2) is 5.78 Å². The van der Waals surface area contributed by atoms with Crippen molar-refractivity contribution in [3.8, 4) is 0 Å². The smallest absolute Gasteiger partial charge is 0.170 e. The van der Waals surface area contributed by atoms with Gasteiger partial charge in [-0.05, 0) is 29.0 Å². The maximum Gasteiger partial charge on any atom is 0.170 e. The highest BCUT2D eigenvalue weighted by molar-refractivity contribution is 6.03. The van der Waals surface area contributed by atoms with E-state index in [2.05, 4.69) is 23.1 Å². The molecular weight excluding hydrogens is 262 g/mol. The van der Waals surface area contributed by atoms with Crippen LogP contribution in [0, 0.1) is 5.41 Å². The third kappa shape index (κ3) is 3.24. The molecule has 0 fully saturated rings. The Balaban J connectivity index is 2.40. The minimum absolute atomic E-state index is 0.114. The molecule has 0 saturated heterocycles. The molecule has 0 aliphatic carbocycles.